The summed E-state index contributed by atoms with van der Waals surface area (Å²) in [6.07, 6.45) is 6.48. The molecule has 1 atom stereocenters. The molecule has 1 nitrogen and oxygen atoms in total. The molecule has 0 aliphatic carbocycles. The Bertz CT molecular complexity index is 156. The van der Waals surface area contributed by atoms with Gasteiger partial charge in [-0.2, -0.15) is 0 Å². The van der Waals surface area contributed by atoms with Gasteiger partial charge in [0.25, 0.3) is 0 Å². The summed E-state index contributed by atoms with van der Waals surface area (Å²) in [7, 11) is 0. The largest absolute Gasteiger partial charge is 0.303 e. The van der Waals surface area contributed by atoms with Crippen molar-refractivity contribution in [2.75, 3.05) is 0 Å². The minimum absolute atomic E-state index is 0.451. The minimum Gasteiger partial charge on any atom is -0.303 e. The highest BCUT2D eigenvalue weighted by Gasteiger charge is 1.91. The SMILES string of the molecule is C=C(/C=C\C(C)CC)CC=O. The highest BCUT2D eigenvalue weighted by molar-refractivity contribution is 5.55. The Morgan fingerprint density at radius 3 is 2.73 bits per heavy atom. The van der Waals surface area contributed by atoms with Crippen molar-refractivity contribution in [2.45, 2.75) is 26.7 Å². The molecule has 0 spiro atoms. The van der Waals surface area contributed by atoms with Gasteiger partial charge in [-0.25, -0.2) is 0 Å². The van der Waals surface area contributed by atoms with Crippen molar-refractivity contribution < 1.29 is 4.79 Å². The molecule has 0 aromatic rings. The number of aldehydes is 1. The van der Waals surface area contributed by atoms with Gasteiger partial charge in [0, 0.05) is 6.42 Å². The smallest absolute Gasteiger partial charge is 0.124 e. The van der Waals surface area contributed by atoms with Crippen LogP contribution in [0.1, 0.15) is 26.7 Å². The van der Waals surface area contributed by atoms with Gasteiger partial charge < -0.3 is 4.79 Å². The van der Waals surface area contributed by atoms with Gasteiger partial charge in [0.2, 0.25) is 0 Å². The predicted octanol–water partition coefficient (Wildman–Crippen LogP) is 2.73. The van der Waals surface area contributed by atoms with Crippen molar-refractivity contribution >= 4 is 6.29 Å². The van der Waals surface area contributed by atoms with Crippen molar-refractivity contribution in [3.8, 4) is 0 Å². The van der Waals surface area contributed by atoms with Gasteiger partial charge in [0.15, 0.2) is 0 Å². The summed E-state index contributed by atoms with van der Waals surface area (Å²) in [6, 6.07) is 0. The van der Waals surface area contributed by atoms with Gasteiger partial charge in [-0.1, -0.05) is 39.0 Å². The summed E-state index contributed by atoms with van der Waals surface area (Å²) in [4.78, 5) is 10.0. The lowest BCUT2D eigenvalue weighted by molar-refractivity contribution is -0.107. The number of carbonyl (C=O) groups excluding carboxylic acids is 1. The molecule has 62 valence electrons. The van der Waals surface area contributed by atoms with E-state index in [9.17, 15) is 4.79 Å². The molecule has 0 N–H and O–H groups in total. The molecule has 0 aromatic carbocycles. The zero-order valence-electron chi connectivity index (χ0n) is 7.34. The van der Waals surface area contributed by atoms with Gasteiger partial charge in [-0.15, -0.1) is 0 Å². The summed E-state index contributed by atoms with van der Waals surface area (Å²) in [5.41, 5.74) is 0.889. The number of allylic oxidation sites excluding steroid dienone is 3. The molecule has 0 heterocycles. The van der Waals surface area contributed by atoms with Crippen LogP contribution in [0.4, 0.5) is 0 Å². The highest BCUT2D eigenvalue weighted by atomic mass is 16.1. The molecule has 0 rings (SSSR count). The third kappa shape index (κ3) is 5.59. The fourth-order valence-electron chi connectivity index (χ4n) is 0.612. The topological polar surface area (TPSA) is 17.1 Å². The Hall–Kier alpha value is -0.850. The zero-order valence-corrected chi connectivity index (χ0v) is 7.34. The van der Waals surface area contributed by atoms with Gasteiger partial charge in [-0.05, 0) is 11.5 Å². The molecule has 1 unspecified atom stereocenters. The summed E-state index contributed by atoms with van der Waals surface area (Å²) in [6.45, 7) is 8.01. The molecule has 0 radical (unpaired) electrons. The average molecular weight is 152 g/mol. The van der Waals surface area contributed by atoms with Crippen LogP contribution in [0.25, 0.3) is 0 Å². The Morgan fingerprint density at radius 1 is 1.64 bits per heavy atom. The maximum atomic E-state index is 10.0. The molecular weight excluding hydrogens is 136 g/mol. The third-order valence-electron chi connectivity index (χ3n) is 1.65. The van der Waals surface area contributed by atoms with Crippen molar-refractivity contribution in [3.05, 3.63) is 24.3 Å². The maximum Gasteiger partial charge on any atom is 0.124 e. The molecule has 0 saturated heterocycles. The average Bonchev–Trinajstić information content (AvgIpc) is 2.01. The van der Waals surface area contributed by atoms with E-state index < -0.39 is 0 Å². The van der Waals surface area contributed by atoms with Crippen LogP contribution in [0.15, 0.2) is 24.3 Å². The highest BCUT2D eigenvalue weighted by Crippen LogP contribution is 2.05. The minimum atomic E-state index is 0.451. The van der Waals surface area contributed by atoms with Crippen LogP contribution in [0.3, 0.4) is 0 Å². The van der Waals surface area contributed by atoms with Gasteiger partial charge in [-0.3, -0.25) is 0 Å². The lowest BCUT2D eigenvalue weighted by Crippen LogP contribution is -1.85. The number of carbonyl (C=O) groups is 1. The van der Waals surface area contributed by atoms with E-state index in [-0.39, 0.29) is 0 Å². The summed E-state index contributed by atoms with van der Waals surface area (Å²) in [5.74, 6) is 0.582. The quantitative estimate of drug-likeness (QED) is 0.437. The molecule has 0 fully saturated rings. The lowest BCUT2D eigenvalue weighted by Gasteiger charge is -1.99. The van der Waals surface area contributed by atoms with Crippen LogP contribution in [0, 0.1) is 5.92 Å². The number of hydrogen-bond donors (Lipinski definition) is 0. The zero-order chi connectivity index (χ0) is 8.69. The molecule has 0 bridgehead atoms. The molecular formula is C10H16O. The monoisotopic (exact) mass is 152 g/mol. The molecule has 0 aliphatic heterocycles. The van der Waals surface area contributed by atoms with E-state index >= 15 is 0 Å². The Balaban J connectivity index is 3.72. The van der Waals surface area contributed by atoms with Crippen LogP contribution in [0.2, 0.25) is 0 Å². The number of rotatable bonds is 5. The molecule has 0 aromatic heterocycles. The van der Waals surface area contributed by atoms with Gasteiger partial charge in [0.1, 0.15) is 6.29 Å². The normalized spacial score (nSPS) is 13.3. The molecule has 0 saturated carbocycles. The molecule has 1 heteroatoms. The summed E-state index contributed by atoms with van der Waals surface area (Å²) >= 11 is 0. The Kier molecular flexibility index (Phi) is 5.44. The van der Waals surface area contributed by atoms with Crippen molar-refractivity contribution in [1.29, 1.82) is 0 Å². The van der Waals surface area contributed by atoms with E-state index in [1.165, 1.54) is 0 Å². The first-order valence-electron chi connectivity index (χ1n) is 4.00. The fraction of sp³-hybridized carbons (Fsp3) is 0.500. The van der Waals surface area contributed by atoms with E-state index in [4.69, 9.17) is 0 Å². The maximum absolute atomic E-state index is 10.0. The first-order valence-corrected chi connectivity index (χ1v) is 4.00. The number of hydrogen-bond acceptors (Lipinski definition) is 1. The molecule has 0 amide bonds. The van der Waals surface area contributed by atoms with E-state index in [0.717, 1.165) is 18.3 Å². The van der Waals surface area contributed by atoms with E-state index in [2.05, 4.69) is 26.5 Å². The van der Waals surface area contributed by atoms with Gasteiger partial charge in [0.05, 0.1) is 0 Å². The van der Waals surface area contributed by atoms with Crippen LogP contribution in [0.5, 0.6) is 0 Å². The molecule has 11 heavy (non-hydrogen) atoms. The molecule has 0 aliphatic rings. The summed E-state index contributed by atoms with van der Waals surface area (Å²) in [5, 5.41) is 0. The third-order valence-corrected chi connectivity index (χ3v) is 1.65. The standard InChI is InChI=1S/C10H16O/c1-4-9(2)5-6-10(3)7-8-11/h5-6,8-9H,3-4,7H2,1-2H3/b6-5-. The van der Waals surface area contributed by atoms with Crippen LogP contribution < -0.4 is 0 Å². The van der Waals surface area contributed by atoms with Crippen molar-refractivity contribution in [3.63, 3.8) is 0 Å². The van der Waals surface area contributed by atoms with Crippen LogP contribution in [-0.2, 0) is 4.79 Å². The van der Waals surface area contributed by atoms with Crippen molar-refractivity contribution in [1.82, 2.24) is 0 Å². The van der Waals surface area contributed by atoms with Crippen LogP contribution >= 0.6 is 0 Å². The first kappa shape index (κ1) is 10.2. The van der Waals surface area contributed by atoms with Gasteiger partial charge >= 0.3 is 0 Å². The van der Waals surface area contributed by atoms with E-state index in [0.29, 0.717) is 12.3 Å². The second kappa shape index (κ2) is 5.90. The van der Waals surface area contributed by atoms with E-state index in [1.54, 1.807) is 0 Å². The van der Waals surface area contributed by atoms with Crippen LogP contribution in [-0.4, -0.2) is 6.29 Å². The van der Waals surface area contributed by atoms with E-state index in [1.807, 2.05) is 6.08 Å². The second-order valence-electron chi connectivity index (χ2n) is 2.77. The Labute approximate surface area is 68.8 Å². The summed E-state index contributed by atoms with van der Waals surface area (Å²) < 4.78 is 0. The lowest BCUT2D eigenvalue weighted by atomic mass is 10.1. The fourth-order valence-corrected chi connectivity index (χ4v) is 0.612. The first-order chi connectivity index (χ1) is 5.20. The van der Waals surface area contributed by atoms with Crippen molar-refractivity contribution in [2.24, 2.45) is 5.92 Å². The Morgan fingerprint density at radius 2 is 2.27 bits per heavy atom. The predicted molar refractivity (Wildman–Crippen MR) is 48.4 cm³/mol. The second-order valence-corrected chi connectivity index (χ2v) is 2.77.